The number of halogens is 1. The highest BCUT2D eigenvalue weighted by molar-refractivity contribution is 6.36. The van der Waals surface area contributed by atoms with Crippen molar-refractivity contribution in [1.82, 2.24) is 24.8 Å². The van der Waals surface area contributed by atoms with Crippen LogP contribution in [0.1, 0.15) is 44.0 Å². The Morgan fingerprint density at radius 3 is 2.62 bits per heavy atom. The molecular formula is C28H38ClN7O3. The highest BCUT2D eigenvalue weighted by Gasteiger charge is 2.28. The van der Waals surface area contributed by atoms with Crippen LogP contribution in [0, 0.1) is 5.41 Å². The van der Waals surface area contributed by atoms with Gasteiger partial charge in [-0.25, -0.2) is 0 Å². The Kier molecular flexibility index (Phi) is 8.16. The van der Waals surface area contributed by atoms with Gasteiger partial charge in [0.25, 0.3) is 5.91 Å². The van der Waals surface area contributed by atoms with Crippen molar-refractivity contribution in [2.45, 2.75) is 39.7 Å². The number of amides is 1. The van der Waals surface area contributed by atoms with E-state index < -0.39 is 0 Å². The first-order chi connectivity index (χ1) is 18.7. The lowest BCUT2D eigenvalue weighted by Gasteiger charge is -2.40. The molecule has 2 saturated heterocycles. The molecule has 2 aliphatic rings. The van der Waals surface area contributed by atoms with Gasteiger partial charge in [-0.1, -0.05) is 32.4 Å². The van der Waals surface area contributed by atoms with Crippen LogP contribution in [-0.4, -0.2) is 89.7 Å². The van der Waals surface area contributed by atoms with E-state index in [1.807, 2.05) is 17.0 Å². The molecule has 2 fully saturated rings. The predicted octanol–water partition coefficient (Wildman–Crippen LogP) is 4.76. The summed E-state index contributed by atoms with van der Waals surface area (Å²) in [5.74, 6) is 1.60. The second-order valence-corrected chi connectivity index (χ2v) is 11.8. The van der Waals surface area contributed by atoms with Crippen LogP contribution in [-0.2, 0) is 4.74 Å². The van der Waals surface area contributed by atoms with E-state index in [9.17, 15) is 4.79 Å². The average molecular weight is 556 g/mol. The zero-order valence-electron chi connectivity index (χ0n) is 23.1. The molecule has 0 unspecified atom stereocenters. The number of piperidine rings is 1. The number of likely N-dealkylation sites (tertiary alicyclic amines) is 1. The number of hydrogen-bond donors (Lipinski definition) is 3. The van der Waals surface area contributed by atoms with Gasteiger partial charge in [-0.2, -0.15) is 9.97 Å². The summed E-state index contributed by atoms with van der Waals surface area (Å²) in [6.07, 6.45) is 3.67. The second-order valence-electron chi connectivity index (χ2n) is 11.4. The fourth-order valence-corrected chi connectivity index (χ4v) is 5.37. The smallest absolute Gasteiger partial charge is 0.253 e. The van der Waals surface area contributed by atoms with Crippen LogP contribution in [0.5, 0.6) is 5.75 Å². The molecule has 0 aliphatic carbocycles. The Hall–Kier alpha value is -3.08. The molecule has 11 heteroatoms. The summed E-state index contributed by atoms with van der Waals surface area (Å²) in [6, 6.07) is 5.96. The van der Waals surface area contributed by atoms with Crippen molar-refractivity contribution in [2.75, 3.05) is 63.7 Å². The Balaban J connectivity index is 1.30. The number of nitrogens with zero attached hydrogens (tertiary/aromatic N) is 4. The summed E-state index contributed by atoms with van der Waals surface area (Å²) in [4.78, 5) is 30.2. The van der Waals surface area contributed by atoms with Crippen LogP contribution < -0.4 is 15.4 Å². The number of carbonyl (C=O) groups excluding carboxylic acids is 1. The third kappa shape index (κ3) is 6.40. The maximum Gasteiger partial charge on any atom is 0.253 e. The summed E-state index contributed by atoms with van der Waals surface area (Å²) in [6.45, 7) is 12.2. The zero-order chi connectivity index (χ0) is 27.6. The molecule has 2 aliphatic heterocycles. The van der Waals surface area contributed by atoms with Crippen molar-refractivity contribution < 1.29 is 14.3 Å². The number of ether oxygens (including phenoxy) is 2. The van der Waals surface area contributed by atoms with Crippen molar-refractivity contribution >= 4 is 46.0 Å². The quantitative estimate of drug-likeness (QED) is 0.383. The number of morpholine rings is 1. The van der Waals surface area contributed by atoms with E-state index in [1.54, 1.807) is 19.4 Å². The number of nitrogens with one attached hydrogen (secondary N) is 3. The molecule has 10 nitrogen and oxygen atoms in total. The van der Waals surface area contributed by atoms with Crippen molar-refractivity contribution in [2.24, 2.45) is 5.41 Å². The minimum absolute atomic E-state index is 0.0210. The zero-order valence-corrected chi connectivity index (χ0v) is 23.9. The van der Waals surface area contributed by atoms with Crippen LogP contribution >= 0.6 is 11.6 Å². The van der Waals surface area contributed by atoms with Gasteiger partial charge in [0.15, 0.2) is 0 Å². The van der Waals surface area contributed by atoms with Crippen molar-refractivity contribution in [3.63, 3.8) is 0 Å². The fraction of sp³-hybridized carbons (Fsp3) is 0.536. The van der Waals surface area contributed by atoms with Gasteiger partial charge in [0.05, 0.1) is 36.4 Å². The van der Waals surface area contributed by atoms with E-state index in [4.69, 9.17) is 26.1 Å². The monoisotopic (exact) mass is 555 g/mol. The lowest BCUT2D eigenvalue weighted by molar-refractivity contribution is 0.00159. The van der Waals surface area contributed by atoms with Gasteiger partial charge in [0, 0.05) is 50.5 Å². The van der Waals surface area contributed by atoms with Gasteiger partial charge in [0.1, 0.15) is 17.2 Å². The predicted molar refractivity (Wildman–Crippen MR) is 154 cm³/mol. The van der Waals surface area contributed by atoms with Gasteiger partial charge in [-0.3, -0.25) is 9.69 Å². The van der Waals surface area contributed by atoms with Crippen LogP contribution in [0.3, 0.4) is 0 Å². The van der Waals surface area contributed by atoms with Crippen molar-refractivity contribution in [3.8, 4) is 5.75 Å². The number of hydrogen-bond acceptors (Lipinski definition) is 8. The average Bonchev–Trinajstić information content (AvgIpc) is 3.32. The largest absolute Gasteiger partial charge is 0.495 e. The number of aromatic nitrogens is 3. The molecule has 0 spiro atoms. The van der Waals surface area contributed by atoms with E-state index in [1.165, 1.54) is 0 Å². The topological polar surface area (TPSA) is 108 Å². The minimum atomic E-state index is 0.0210. The van der Waals surface area contributed by atoms with Crippen molar-refractivity contribution in [1.29, 1.82) is 0 Å². The molecule has 4 heterocycles. The SMILES string of the molecule is COc1cc(C(=O)N2CCC(N3CCOCC3)CC2)ccc1Nc1nc(NCC(C)(C)C)c2c(Cl)c[nH]c2n1. The first-order valence-corrected chi connectivity index (χ1v) is 13.9. The molecule has 0 atom stereocenters. The third-order valence-corrected chi connectivity index (χ3v) is 7.58. The molecule has 210 valence electrons. The highest BCUT2D eigenvalue weighted by Crippen LogP contribution is 2.33. The second kappa shape index (κ2) is 11.6. The molecule has 3 N–H and O–H groups in total. The normalized spacial score (nSPS) is 17.4. The van der Waals surface area contributed by atoms with Crippen LogP contribution in [0.25, 0.3) is 11.0 Å². The van der Waals surface area contributed by atoms with E-state index in [0.717, 1.165) is 57.6 Å². The van der Waals surface area contributed by atoms with E-state index in [0.29, 0.717) is 52.0 Å². The number of rotatable bonds is 7. The van der Waals surface area contributed by atoms with Crippen molar-refractivity contribution in [3.05, 3.63) is 35.0 Å². The highest BCUT2D eigenvalue weighted by atomic mass is 35.5. The number of H-pyrrole nitrogens is 1. The van der Waals surface area contributed by atoms with Crippen LogP contribution in [0.2, 0.25) is 5.02 Å². The lowest BCUT2D eigenvalue weighted by Crippen LogP contribution is -2.50. The first-order valence-electron chi connectivity index (χ1n) is 13.6. The molecule has 3 aromatic rings. The maximum atomic E-state index is 13.3. The molecule has 39 heavy (non-hydrogen) atoms. The number of anilines is 3. The van der Waals surface area contributed by atoms with E-state index in [-0.39, 0.29) is 11.3 Å². The number of benzene rings is 1. The lowest BCUT2D eigenvalue weighted by atomic mass is 9.97. The van der Waals surface area contributed by atoms with Gasteiger partial charge in [0.2, 0.25) is 5.95 Å². The summed E-state index contributed by atoms with van der Waals surface area (Å²) >= 11 is 6.41. The molecule has 1 aromatic carbocycles. The number of aromatic amines is 1. The number of methoxy groups -OCH3 is 1. The Labute approximate surface area is 234 Å². The molecule has 2 aromatic heterocycles. The molecule has 0 saturated carbocycles. The number of fused-ring (bicyclic) bond motifs is 1. The van der Waals surface area contributed by atoms with Crippen LogP contribution in [0.15, 0.2) is 24.4 Å². The maximum absolute atomic E-state index is 13.3. The Bertz CT molecular complexity index is 1310. The molecule has 5 rings (SSSR count). The molecule has 1 amide bonds. The van der Waals surface area contributed by atoms with Gasteiger partial charge >= 0.3 is 0 Å². The Morgan fingerprint density at radius 1 is 1.18 bits per heavy atom. The molecule has 0 radical (unpaired) electrons. The number of carbonyl (C=O) groups is 1. The van der Waals surface area contributed by atoms with Gasteiger partial charge in [-0.15, -0.1) is 0 Å². The van der Waals surface area contributed by atoms with Crippen LogP contribution in [0.4, 0.5) is 17.5 Å². The summed E-state index contributed by atoms with van der Waals surface area (Å²) in [5, 5.41) is 7.97. The van der Waals surface area contributed by atoms with E-state index in [2.05, 4.69) is 46.3 Å². The van der Waals surface area contributed by atoms with Gasteiger partial charge < -0.3 is 30.0 Å². The van der Waals surface area contributed by atoms with E-state index >= 15 is 0 Å². The molecular weight excluding hydrogens is 518 g/mol. The fourth-order valence-electron chi connectivity index (χ4n) is 5.14. The molecule has 0 bridgehead atoms. The standard InChI is InChI=1S/C28H38ClN7O3/c1-28(2,3)17-31-25-23-20(29)16-30-24(23)33-27(34-25)32-21-6-5-18(15-22(21)38-4)26(37)36-9-7-19(8-10-36)35-11-13-39-14-12-35/h5-6,15-16,19H,7-14,17H2,1-4H3,(H3,30,31,32,33,34). The first kappa shape index (κ1) is 27.5. The summed E-state index contributed by atoms with van der Waals surface area (Å²) < 4.78 is 11.1. The summed E-state index contributed by atoms with van der Waals surface area (Å²) in [5.41, 5.74) is 1.94. The third-order valence-electron chi connectivity index (χ3n) is 7.28. The van der Waals surface area contributed by atoms with Gasteiger partial charge in [-0.05, 0) is 36.5 Å². The summed E-state index contributed by atoms with van der Waals surface area (Å²) in [7, 11) is 1.59. The Morgan fingerprint density at radius 2 is 1.92 bits per heavy atom. The minimum Gasteiger partial charge on any atom is -0.495 e.